The number of fused-ring (bicyclic) bond motifs is 4. The normalized spacial score (nSPS) is 23.3. The quantitative estimate of drug-likeness (QED) is 0.115. The topological polar surface area (TPSA) is 363 Å². The molecule has 1 saturated carbocycles. The maximum Gasteiger partial charge on any atom is 0.274 e. The van der Waals surface area contributed by atoms with E-state index in [1.54, 1.807) is 62.4 Å². The Morgan fingerprint density at radius 3 is 1.46 bits per heavy atom. The molecule has 3 saturated heterocycles. The molecule has 5 atom stereocenters. The van der Waals surface area contributed by atoms with Crippen LogP contribution >= 0.6 is 0 Å². The molecule has 0 radical (unpaired) electrons. The zero-order valence-corrected chi connectivity index (χ0v) is 49.4. The minimum Gasteiger partial charge on any atom is -0.505 e. The summed E-state index contributed by atoms with van der Waals surface area (Å²) in [6.45, 7) is -0.194. The number of aromatic nitrogens is 2. The van der Waals surface area contributed by atoms with Crippen LogP contribution in [0.2, 0.25) is 0 Å². The van der Waals surface area contributed by atoms with E-state index >= 15 is 0 Å². The van der Waals surface area contributed by atoms with Gasteiger partial charge in [0.05, 0.1) is 37.2 Å². The Balaban J connectivity index is 1.06. The molecule has 28 heteroatoms. The van der Waals surface area contributed by atoms with Crippen LogP contribution in [0, 0.1) is 5.92 Å². The number of carbonyl (C=O) groups excluding carboxylic acids is 12. The van der Waals surface area contributed by atoms with Crippen molar-refractivity contribution in [2.45, 2.75) is 101 Å². The van der Waals surface area contributed by atoms with Gasteiger partial charge in [0.15, 0.2) is 11.4 Å². The maximum atomic E-state index is 14.8. The first-order chi connectivity index (χ1) is 41.4. The Kier molecular flexibility index (Phi) is 19.9. The fourth-order valence-electron chi connectivity index (χ4n) is 11.2. The lowest BCUT2D eigenvalue weighted by molar-refractivity contribution is -0.146. The van der Waals surface area contributed by atoms with Gasteiger partial charge in [-0.15, -0.1) is 0 Å². The van der Waals surface area contributed by atoms with Gasteiger partial charge in [-0.2, -0.15) is 0 Å². The van der Waals surface area contributed by atoms with Crippen LogP contribution in [0.25, 0.3) is 21.8 Å². The molecule has 3 aliphatic heterocycles. The SMILES string of the molecule is CC(C)[C@H]1C(=O)NC[C@@H](NC(=O)c2nc3ccccc3cc2O)C(=O)N2CCCC[C@H]2C(=O)NCC(=O)N(C)CC(=O)N(C)C2(CC2)C(=O)NC[C@@H](NC(=O)c2nc3ccccc3cc2O)C(=O)N2CCCC[C@H]2C(=O)NCC(=O)N(C)CC(=O)N1C. The summed E-state index contributed by atoms with van der Waals surface area (Å²) in [5, 5.41) is 38.6. The molecule has 4 aliphatic rings. The number of amides is 12. The Hall–Kier alpha value is -9.50. The third-order valence-corrected chi connectivity index (χ3v) is 16.5. The second-order valence-electron chi connectivity index (χ2n) is 22.8. The molecule has 8 N–H and O–H groups in total. The highest BCUT2D eigenvalue weighted by atomic mass is 16.3. The molecule has 1 aliphatic carbocycles. The van der Waals surface area contributed by atoms with Gasteiger partial charge in [0.2, 0.25) is 59.1 Å². The van der Waals surface area contributed by atoms with E-state index in [2.05, 4.69) is 41.9 Å². The minimum absolute atomic E-state index is 0.0144. The van der Waals surface area contributed by atoms with Crippen molar-refractivity contribution < 1.29 is 67.7 Å². The zero-order valence-electron chi connectivity index (χ0n) is 49.4. The highest BCUT2D eigenvalue weighted by Gasteiger charge is 2.55. The van der Waals surface area contributed by atoms with Crippen molar-refractivity contribution in [1.29, 1.82) is 0 Å². The van der Waals surface area contributed by atoms with Crippen LogP contribution < -0.4 is 31.9 Å². The smallest absolute Gasteiger partial charge is 0.274 e. The van der Waals surface area contributed by atoms with E-state index in [0.29, 0.717) is 47.5 Å². The largest absolute Gasteiger partial charge is 0.505 e. The summed E-state index contributed by atoms with van der Waals surface area (Å²) >= 11 is 0. The van der Waals surface area contributed by atoms with Crippen molar-refractivity contribution >= 4 is 92.7 Å². The number of hydrogen-bond acceptors (Lipinski definition) is 16. The van der Waals surface area contributed by atoms with Gasteiger partial charge in [-0.25, -0.2) is 9.97 Å². The van der Waals surface area contributed by atoms with Gasteiger partial charge < -0.3 is 71.5 Å². The molecule has 0 bridgehead atoms. The summed E-state index contributed by atoms with van der Waals surface area (Å²) in [6.07, 6.45) is 2.46. The zero-order chi connectivity index (χ0) is 63.0. The van der Waals surface area contributed by atoms with Crippen molar-refractivity contribution in [3.05, 3.63) is 72.1 Å². The van der Waals surface area contributed by atoms with E-state index in [9.17, 15) is 67.7 Å². The van der Waals surface area contributed by atoms with Crippen LogP contribution in [-0.2, 0) is 47.9 Å². The van der Waals surface area contributed by atoms with Crippen LogP contribution in [-0.4, -0.2) is 237 Å². The molecule has 0 unspecified atom stereocenters. The molecule has 28 nitrogen and oxygen atoms in total. The van der Waals surface area contributed by atoms with E-state index in [-0.39, 0.29) is 38.8 Å². The second kappa shape index (κ2) is 27.3. The maximum absolute atomic E-state index is 14.8. The average Bonchev–Trinajstić information content (AvgIpc) is 2.18. The number of rotatable bonds is 5. The van der Waals surface area contributed by atoms with Crippen molar-refractivity contribution in [3.63, 3.8) is 0 Å². The fraction of sp³-hybridized carbons (Fsp3) is 0.492. The number of para-hydroxylation sites is 2. The molecular weight excluding hydrogens is 1130 g/mol. The van der Waals surface area contributed by atoms with Crippen LogP contribution in [0.1, 0.15) is 86.2 Å². The predicted molar refractivity (Wildman–Crippen MR) is 311 cm³/mol. The summed E-state index contributed by atoms with van der Waals surface area (Å²) in [4.78, 5) is 185. The molecule has 1 spiro atoms. The Labute approximate surface area is 501 Å². The average molecular weight is 1200 g/mol. The molecule has 87 heavy (non-hydrogen) atoms. The van der Waals surface area contributed by atoms with Gasteiger partial charge in [0, 0.05) is 65.1 Å². The van der Waals surface area contributed by atoms with Crippen molar-refractivity contribution in [2.24, 2.45) is 5.92 Å². The van der Waals surface area contributed by atoms with Crippen LogP contribution in [0.15, 0.2) is 60.7 Å². The molecule has 4 aromatic rings. The number of nitrogens with zero attached hydrogens (tertiary/aromatic N) is 8. The monoisotopic (exact) mass is 1200 g/mol. The Bertz CT molecular complexity index is 3390. The van der Waals surface area contributed by atoms with Gasteiger partial charge in [-0.1, -0.05) is 50.2 Å². The lowest BCUT2D eigenvalue weighted by Crippen LogP contribution is -2.61. The number of piperidine rings is 2. The van der Waals surface area contributed by atoms with Gasteiger partial charge in [-0.3, -0.25) is 57.5 Å². The number of pyridine rings is 2. The van der Waals surface area contributed by atoms with Crippen molar-refractivity contribution in [3.8, 4) is 11.5 Å². The van der Waals surface area contributed by atoms with E-state index in [1.807, 2.05) is 0 Å². The van der Waals surface area contributed by atoms with Gasteiger partial charge in [0.25, 0.3) is 11.8 Å². The van der Waals surface area contributed by atoms with E-state index < -0.39 is 175 Å². The molecule has 8 rings (SSSR count). The third-order valence-electron chi connectivity index (χ3n) is 16.5. The lowest BCUT2D eigenvalue weighted by Gasteiger charge is -2.37. The third kappa shape index (κ3) is 14.4. The first-order valence-electron chi connectivity index (χ1n) is 28.9. The molecule has 5 heterocycles. The Morgan fingerprint density at radius 2 is 1.01 bits per heavy atom. The van der Waals surface area contributed by atoms with Crippen molar-refractivity contribution in [2.75, 3.05) is 80.5 Å². The predicted octanol–water partition coefficient (Wildman–Crippen LogP) is -1.28. The van der Waals surface area contributed by atoms with Crippen LogP contribution in [0.3, 0.4) is 0 Å². The number of benzene rings is 2. The molecule has 12 amide bonds. The molecule has 4 fully saturated rings. The van der Waals surface area contributed by atoms with E-state index in [1.165, 1.54) is 55.0 Å². The lowest BCUT2D eigenvalue weighted by atomic mass is 9.99. The number of nitrogens with one attached hydrogen (secondary N) is 6. The fourth-order valence-corrected chi connectivity index (χ4v) is 11.2. The van der Waals surface area contributed by atoms with Gasteiger partial charge in [0.1, 0.15) is 47.2 Å². The molecular formula is C59H74N14O14. The summed E-state index contributed by atoms with van der Waals surface area (Å²) in [6, 6.07) is 9.22. The number of carbonyl (C=O) groups is 12. The second-order valence-corrected chi connectivity index (χ2v) is 22.8. The standard InChI is InChI=1S/C59H74N14O14/c1-33(2)50-55(84)60-27-38(66-53(82)48-42(74)25-34-15-7-9-17-36(34)64-48)56(85)72-23-13-11-19-40(72)51(80)62-30-45(77)69(4)32-47(79)71(6)59(21-22-59)58(87)63-28-39(67-54(83)49-43(75)26-35-16-8-10-18-37(35)65-49)57(86)73-24-14-12-20-41(73)52(81)61-29-44(76)68(3)31-46(78)70(50)5/h7-10,15-18,25-26,33,38-41,50,74-75H,11-14,19-24,27-32H2,1-6H3,(H,60,84)(H,61,81)(H,62,80)(H,63,87)(H,66,82)(H,67,83)/t38-,39-,40+,41+,50+/m1/s1. The summed E-state index contributed by atoms with van der Waals surface area (Å²) in [5.41, 5.74) is -1.61. The summed E-state index contributed by atoms with van der Waals surface area (Å²) in [7, 11) is 5.33. The molecule has 2 aromatic heterocycles. The first-order valence-corrected chi connectivity index (χ1v) is 28.9. The summed E-state index contributed by atoms with van der Waals surface area (Å²) < 4.78 is 0. The highest BCUT2D eigenvalue weighted by Crippen LogP contribution is 2.41. The minimum atomic E-state index is -1.60. The molecule has 464 valence electrons. The van der Waals surface area contributed by atoms with Gasteiger partial charge in [-0.05, 0) is 81.5 Å². The number of aromatic hydroxyl groups is 2. The number of likely N-dealkylation sites (N-methyl/N-ethyl adjacent to an activating group) is 4. The van der Waals surface area contributed by atoms with Crippen LogP contribution in [0.4, 0.5) is 0 Å². The van der Waals surface area contributed by atoms with Crippen LogP contribution in [0.5, 0.6) is 11.5 Å². The van der Waals surface area contributed by atoms with E-state index in [4.69, 9.17) is 0 Å². The molecule has 2 aromatic carbocycles. The highest BCUT2D eigenvalue weighted by molar-refractivity contribution is 6.03. The van der Waals surface area contributed by atoms with E-state index in [0.717, 1.165) is 14.7 Å². The number of hydrogen-bond donors (Lipinski definition) is 8. The summed E-state index contributed by atoms with van der Waals surface area (Å²) in [5.74, 6) is -11.0. The first kappa shape index (κ1) is 63.5. The van der Waals surface area contributed by atoms with Gasteiger partial charge >= 0.3 is 0 Å². The Morgan fingerprint density at radius 1 is 0.575 bits per heavy atom. The van der Waals surface area contributed by atoms with Crippen molar-refractivity contribution in [1.82, 2.24) is 71.3 Å².